The number of benzene rings is 1. The molecule has 1 aliphatic rings. The quantitative estimate of drug-likeness (QED) is 0.528. The third-order valence-electron chi connectivity index (χ3n) is 4.14. The maximum Gasteiger partial charge on any atom is 0.261 e. The van der Waals surface area contributed by atoms with E-state index in [0.717, 1.165) is 10.7 Å². The molecule has 0 saturated carbocycles. The first-order chi connectivity index (χ1) is 12.6. The van der Waals surface area contributed by atoms with Crippen LogP contribution in [0.15, 0.2) is 54.0 Å². The van der Waals surface area contributed by atoms with Crippen LogP contribution in [0.5, 0.6) is 0 Å². The molecule has 0 bridgehead atoms. The second-order valence-corrected chi connectivity index (χ2v) is 6.97. The Kier molecular flexibility index (Phi) is 4.18. The summed E-state index contributed by atoms with van der Waals surface area (Å²) < 4.78 is 0. The van der Waals surface area contributed by atoms with Crippen LogP contribution in [0.3, 0.4) is 0 Å². The van der Waals surface area contributed by atoms with Crippen molar-refractivity contribution in [3.63, 3.8) is 0 Å². The molecule has 2 amide bonds. The molecule has 1 aliphatic heterocycles. The van der Waals surface area contributed by atoms with Gasteiger partial charge in [0.1, 0.15) is 0 Å². The zero-order valence-corrected chi connectivity index (χ0v) is 14.9. The molecule has 0 spiro atoms. The van der Waals surface area contributed by atoms with Gasteiger partial charge in [-0.15, -0.1) is 11.3 Å². The van der Waals surface area contributed by atoms with E-state index >= 15 is 0 Å². The van der Waals surface area contributed by atoms with E-state index in [4.69, 9.17) is 0 Å². The monoisotopic (exact) mass is 361 g/mol. The lowest BCUT2D eigenvalue weighted by atomic mass is 9.92. The van der Waals surface area contributed by atoms with Gasteiger partial charge in [0.2, 0.25) is 0 Å². The van der Waals surface area contributed by atoms with Crippen molar-refractivity contribution in [2.24, 2.45) is 0 Å². The molecule has 0 unspecified atom stereocenters. The number of pyridine rings is 1. The standard InChI is InChI=1S/C20H15N3O2S/c1-13-22-15(12-26-13)10-18-16-7-2-3-8-17(16)19(24)23(20(18)25)11-14-6-4-5-9-21-14/h2-10,12H,11H2,1H3/b18-10+. The molecule has 3 heterocycles. The van der Waals surface area contributed by atoms with Crippen LogP contribution in [-0.2, 0) is 11.3 Å². The van der Waals surface area contributed by atoms with Gasteiger partial charge in [0, 0.05) is 22.7 Å². The minimum Gasteiger partial charge on any atom is -0.269 e. The number of fused-ring (bicyclic) bond motifs is 1. The fourth-order valence-electron chi connectivity index (χ4n) is 2.93. The van der Waals surface area contributed by atoms with Crippen LogP contribution >= 0.6 is 11.3 Å². The third-order valence-corrected chi connectivity index (χ3v) is 4.94. The molecular weight excluding hydrogens is 346 g/mol. The molecule has 2 aromatic heterocycles. The van der Waals surface area contributed by atoms with Crippen molar-refractivity contribution >= 4 is 34.8 Å². The number of carbonyl (C=O) groups excluding carboxylic acids is 2. The molecule has 3 aromatic rings. The summed E-state index contributed by atoms with van der Waals surface area (Å²) in [5, 5.41) is 2.83. The molecule has 26 heavy (non-hydrogen) atoms. The first kappa shape index (κ1) is 16.4. The number of rotatable bonds is 3. The highest BCUT2D eigenvalue weighted by Crippen LogP contribution is 2.31. The molecule has 6 heteroatoms. The smallest absolute Gasteiger partial charge is 0.261 e. The summed E-state index contributed by atoms with van der Waals surface area (Å²) in [7, 11) is 0. The Morgan fingerprint density at radius 2 is 1.81 bits per heavy atom. The van der Waals surface area contributed by atoms with Crippen molar-refractivity contribution < 1.29 is 9.59 Å². The second kappa shape index (κ2) is 6.65. The molecular formula is C20H15N3O2S. The van der Waals surface area contributed by atoms with Gasteiger partial charge >= 0.3 is 0 Å². The van der Waals surface area contributed by atoms with Crippen molar-refractivity contribution in [1.82, 2.24) is 14.9 Å². The largest absolute Gasteiger partial charge is 0.269 e. The Balaban J connectivity index is 1.80. The lowest BCUT2D eigenvalue weighted by Gasteiger charge is -2.28. The summed E-state index contributed by atoms with van der Waals surface area (Å²) in [6.45, 7) is 2.06. The highest BCUT2D eigenvalue weighted by atomic mass is 32.1. The topological polar surface area (TPSA) is 63.2 Å². The molecule has 5 nitrogen and oxygen atoms in total. The average molecular weight is 361 g/mol. The highest BCUT2D eigenvalue weighted by molar-refractivity contribution is 7.09. The number of aromatic nitrogens is 2. The van der Waals surface area contributed by atoms with Gasteiger partial charge in [-0.05, 0) is 31.2 Å². The van der Waals surface area contributed by atoms with Gasteiger partial charge in [0.15, 0.2) is 0 Å². The van der Waals surface area contributed by atoms with E-state index in [-0.39, 0.29) is 18.4 Å². The van der Waals surface area contributed by atoms with E-state index in [9.17, 15) is 9.59 Å². The summed E-state index contributed by atoms with van der Waals surface area (Å²) in [5.41, 5.74) is 3.02. The van der Waals surface area contributed by atoms with Crippen LogP contribution in [0.4, 0.5) is 0 Å². The first-order valence-electron chi connectivity index (χ1n) is 8.13. The molecule has 0 N–H and O–H groups in total. The van der Waals surface area contributed by atoms with E-state index in [2.05, 4.69) is 9.97 Å². The maximum atomic E-state index is 13.1. The molecule has 4 rings (SSSR count). The average Bonchev–Trinajstić information content (AvgIpc) is 3.08. The van der Waals surface area contributed by atoms with Crippen LogP contribution in [0, 0.1) is 6.92 Å². The van der Waals surface area contributed by atoms with Gasteiger partial charge in [0.25, 0.3) is 11.8 Å². The minimum absolute atomic E-state index is 0.139. The van der Waals surface area contributed by atoms with Crippen molar-refractivity contribution in [3.8, 4) is 0 Å². The van der Waals surface area contributed by atoms with Crippen molar-refractivity contribution in [2.75, 3.05) is 0 Å². The summed E-state index contributed by atoms with van der Waals surface area (Å²) in [6.07, 6.45) is 3.40. The molecule has 0 atom stereocenters. The normalized spacial score (nSPS) is 15.4. The summed E-state index contributed by atoms with van der Waals surface area (Å²) in [5.74, 6) is -0.632. The van der Waals surface area contributed by atoms with Crippen LogP contribution in [0.2, 0.25) is 0 Å². The summed E-state index contributed by atoms with van der Waals surface area (Å²) in [6, 6.07) is 12.6. The lowest BCUT2D eigenvalue weighted by Crippen LogP contribution is -2.41. The van der Waals surface area contributed by atoms with E-state index in [1.165, 1.54) is 16.2 Å². The number of amides is 2. The summed E-state index contributed by atoms with van der Waals surface area (Å²) >= 11 is 1.52. The number of thiazole rings is 1. The maximum absolute atomic E-state index is 13.1. The first-order valence-corrected chi connectivity index (χ1v) is 9.01. The van der Waals surface area contributed by atoms with Gasteiger partial charge in [-0.1, -0.05) is 24.3 Å². The Morgan fingerprint density at radius 3 is 2.50 bits per heavy atom. The molecule has 128 valence electrons. The number of hydrogen-bond acceptors (Lipinski definition) is 5. The fraction of sp³-hybridized carbons (Fsp3) is 0.100. The van der Waals surface area contributed by atoms with Gasteiger partial charge in [-0.2, -0.15) is 0 Å². The Labute approximate surface area is 154 Å². The van der Waals surface area contributed by atoms with Crippen molar-refractivity contribution in [2.45, 2.75) is 13.5 Å². The van der Waals surface area contributed by atoms with E-state index in [1.807, 2.05) is 24.4 Å². The SMILES string of the molecule is Cc1nc(/C=C2/C(=O)N(Cc3ccccn3)C(=O)c3ccccc32)cs1. The van der Waals surface area contributed by atoms with Gasteiger partial charge < -0.3 is 0 Å². The molecule has 1 aromatic carbocycles. The van der Waals surface area contributed by atoms with Crippen molar-refractivity contribution in [1.29, 1.82) is 0 Å². The molecule has 0 aliphatic carbocycles. The Hall–Kier alpha value is -3.12. The number of nitrogens with zero attached hydrogens (tertiary/aromatic N) is 3. The zero-order valence-electron chi connectivity index (χ0n) is 14.0. The molecule has 0 radical (unpaired) electrons. The van der Waals surface area contributed by atoms with Crippen LogP contribution in [-0.4, -0.2) is 26.7 Å². The van der Waals surface area contributed by atoms with Gasteiger partial charge in [-0.25, -0.2) is 4.98 Å². The van der Waals surface area contributed by atoms with E-state index in [0.29, 0.717) is 22.4 Å². The highest BCUT2D eigenvalue weighted by Gasteiger charge is 2.34. The van der Waals surface area contributed by atoms with E-state index in [1.54, 1.807) is 42.6 Å². The molecule has 0 saturated heterocycles. The Morgan fingerprint density at radius 1 is 1.04 bits per heavy atom. The number of hydrogen-bond donors (Lipinski definition) is 0. The number of carbonyl (C=O) groups is 2. The fourth-order valence-corrected chi connectivity index (χ4v) is 3.50. The lowest BCUT2D eigenvalue weighted by molar-refractivity contribution is -0.123. The van der Waals surface area contributed by atoms with Gasteiger partial charge in [-0.3, -0.25) is 19.5 Å². The second-order valence-electron chi connectivity index (χ2n) is 5.91. The minimum atomic E-state index is -0.329. The predicted molar refractivity (Wildman–Crippen MR) is 100 cm³/mol. The van der Waals surface area contributed by atoms with Crippen LogP contribution in [0.1, 0.15) is 32.3 Å². The number of imide groups is 1. The number of aryl methyl sites for hydroxylation is 1. The Bertz CT molecular complexity index is 1020. The zero-order chi connectivity index (χ0) is 18.1. The third kappa shape index (κ3) is 2.95. The van der Waals surface area contributed by atoms with Crippen molar-refractivity contribution in [3.05, 3.63) is 81.6 Å². The predicted octanol–water partition coefficient (Wildman–Crippen LogP) is 3.57. The van der Waals surface area contributed by atoms with Crippen LogP contribution < -0.4 is 0 Å². The van der Waals surface area contributed by atoms with Gasteiger partial charge in [0.05, 0.1) is 28.5 Å². The van der Waals surface area contributed by atoms with Crippen LogP contribution in [0.25, 0.3) is 11.6 Å². The van der Waals surface area contributed by atoms with E-state index < -0.39 is 0 Å². The molecule has 0 fully saturated rings. The summed E-state index contributed by atoms with van der Waals surface area (Å²) in [4.78, 5) is 35.9.